The summed E-state index contributed by atoms with van der Waals surface area (Å²) in [7, 11) is -2.94. The van der Waals surface area contributed by atoms with Crippen LogP contribution in [0, 0.1) is 13.8 Å². The molecule has 0 unspecified atom stereocenters. The summed E-state index contributed by atoms with van der Waals surface area (Å²) in [5.74, 6) is 0.0951. The van der Waals surface area contributed by atoms with Crippen molar-refractivity contribution in [2.24, 2.45) is 0 Å². The number of sulfonamides is 1. The van der Waals surface area contributed by atoms with Crippen LogP contribution in [-0.4, -0.2) is 46.1 Å². The van der Waals surface area contributed by atoms with Crippen molar-refractivity contribution in [3.8, 4) is 5.88 Å². The molecule has 0 aliphatic carbocycles. The molecule has 14 heteroatoms. The fourth-order valence-corrected chi connectivity index (χ4v) is 4.35. The zero-order chi connectivity index (χ0) is 19.1. The predicted molar refractivity (Wildman–Crippen MR) is 93.3 cm³/mol. The Bertz CT molecular complexity index is 1110. The quantitative estimate of drug-likeness (QED) is 0.648. The molecule has 2 N–H and O–H groups in total. The van der Waals surface area contributed by atoms with Gasteiger partial charge < -0.3 is 4.74 Å². The zero-order valence-electron chi connectivity index (χ0n) is 13.6. The van der Waals surface area contributed by atoms with Gasteiger partial charge in [-0.1, -0.05) is 22.9 Å². The van der Waals surface area contributed by atoms with E-state index in [0.717, 1.165) is 15.9 Å². The lowest BCUT2D eigenvalue weighted by atomic mass is 10.4. The molecule has 0 saturated carbocycles. The number of carbonyl (C=O) groups is 1. The highest BCUT2D eigenvalue weighted by molar-refractivity contribution is 7.90. The Balaban J connectivity index is 1.86. The molecule has 0 atom stereocenters. The van der Waals surface area contributed by atoms with Crippen LogP contribution in [0.25, 0.3) is 4.96 Å². The number of halogens is 1. The molecule has 3 aromatic heterocycles. The minimum absolute atomic E-state index is 0.122. The molecule has 0 saturated heterocycles. The van der Waals surface area contributed by atoms with Gasteiger partial charge in [-0.05, 0) is 13.8 Å². The number of hydrogen-bond acceptors (Lipinski definition) is 9. The Labute approximate surface area is 156 Å². The van der Waals surface area contributed by atoms with Gasteiger partial charge >= 0.3 is 6.03 Å². The van der Waals surface area contributed by atoms with Crippen LogP contribution in [0.15, 0.2) is 11.1 Å². The molecule has 138 valence electrons. The number of amides is 2. The number of urea groups is 1. The van der Waals surface area contributed by atoms with E-state index < -0.39 is 21.1 Å². The highest BCUT2D eigenvalue weighted by Gasteiger charge is 2.28. The normalized spacial score (nSPS) is 11.5. The van der Waals surface area contributed by atoms with Gasteiger partial charge in [-0.15, -0.1) is 0 Å². The van der Waals surface area contributed by atoms with Gasteiger partial charge in [0.15, 0.2) is 5.15 Å². The van der Waals surface area contributed by atoms with Gasteiger partial charge in [-0.3, -0.25) is 5.32 Å². The van der Waals surface area contributed by atoms with Gasteiger partial charge in [0.2, 0.25) is 21.8 Å². The second-order valence-electron chi connectivity index (χ2n) is 4.96. The first-order valence-electron chi connectivity index (χ1n) is 6.95. The maximum atomic E-state index is 12.5. The van der Waals surface area contributed by atoms with Crippen molar-refractivity contribution in [2.45, 2.75) is 18.9 Å². The van der Waals surface area contributed by atoms with Crippen molar-refractivity contribution in [3.63, 3.8) is 0 Å². The van der Waals surface area contributed by atoms with Gasteiger partial charge in [-0.2, -0.15) is 23.0 Å². The van der Waals surface area contributed by atoms with Crippen molar-refractivity contribution < 1.29 is 17.9 Å². The van der Waals surface area contributed by atoms with E-state index in [1.807, 2.05) is 4.72 Å². The lowest BCUT2D eigenvalue weighted by molar-refractivity contribution is 0.256. The molecule has 0 spiro atoms. The van der Waals surface area contributed by atoms with E-state index in [-0.39, 0.29) is 17.0 Å². The molecule has 11 nitrogen and oxygen atoms in total. The van der Waals surface area contributed by atoms with E-state index in [1.54, 1.807) is 19.9 Å². The van der Waals surface area contributed by atoms with E-state index in [2.05, 4.69) is 25.4 Å². The third kappa shape index (κ3) is 3.54. The van der Waals surface area contributed by atoms with Crippen molar-refractivity contribution >= 4 is 49.9 Å². The number of rotatable bonds is 4. The number of nitrogens with zero attached hydrogens (tertiary/aromatic N) is 5. The molecular formula is C12H12ClN7O4S2. The second kappa shape index (κ2) is 6.66. The van der Waals surface area contributed by atoms with E-state index in [1.165, 1.54) is 7.11 Å². The van der Waals surface area contributed by atoms with Crippen LogP contribution in [-0.2, 0) is 10.0 Å². The largest absolute Gasteiger partial charge is 0.481 e. The summed E-state index contributed by atoms with van der Waals surface area (Å²) in [6.45, 7) is 3.35. The minimum Gasteiger partial charge on any atom is -0.481 e. The van der Waals surface area contributed by atoms with Crippen LogP contribution in [0.3, 0.4) is 0 Å². The Kier molecular flexibility index (Phi) is 4.68. The number of hydrogen-bond donors (Lipinski definition) is 2. The standard InChI is InChI=1S/C12H12ClN7O4S2/c1-5-4-7(24-3)15-10(14-5)17-11(21)19-26(22,23)9-8(13)16-12-20(9)18-6(2)25-12/h4H,1-3H3,(H2,14,15,17,19,21). The second-order valence-corrected chi connectivity index (χ2v) is 8.07. The molecule has 3 heterocycles. The van der Waals surface area contributed by atoms with Crippen molar-refractivity contribution in [3.05, 3.63) is 21.9 Å². The molecule has 0 radical (unpaired) electrons. The fourth-order valence-electron chi connectivity index (χ4n) is 2.02. The molecule has 0 fully saturated rings. The first kappa shape index (κ1) is 18.3. The fraction of sp³-hybridized carbons (Fsp3) is 0.250. The minimum atomic E-state index is -4.34. The maximum absolute atomic E-state index is 12.5. The average Bonchev–Trinajstić information content (AvgIpc) is 2.99. The highest BCUT2D eigenvalue weighted by Crippen LogP contribution is 2.25. The number of methoxy groups -OCH3 is 1. The van der Waals surface area contributed by atoms with Crippen LogP contribution >= 0.6 is 22.9 Å². The SMILES string of the molecule is COc1cc(C)nc(NC(=O)NS(=O)(=O)c2c(Cl)nc3sc(C)nn23)n1. The topological polar surface area (TPSA) is 140 Å². The van der Waals surface area contributed by atoms with Gasteiger partial charge in [0, 0.05) is 11.8 Å². The summed E-state index contributed by atoms with van der Waals surface area (Å²) in [6, 6.07) is 0.475. The number of aromatic nitrogens is 5. The molecule has 2 amide bonds. The molecule has 3 aromatic rings. The number of imidazole rings is 1. The molecule has 26 heavy (non-hydrogen) atoms. The highest BCUT2D eigenvalue weighted by atomic mass is 35.5. The lowest BCUT2D eigenvalue weighted by Crippen LogP contribution is -2.35. The molecular weight excluding hydrogens is 406 g/mol. The van der Waals surface area contributed by atoms with Crippen molar-refractivity contribution in [2.75, 3.05) is 12.4 Å². The third-order valence-electron chi connectivity index (χ3n) is 2.97. The van der Waals surface area contributed by atoms with Gasteiger partial charge in [0.25, 0.3) is 10.0 Å². The van der Waals surface area contributed by atoms with Gasteiger partial charge in [-0.25, -0.2) is 19.5 Å². The van der Waals surface area contributed by atoms with E-state index in [0.29, 0.717) is 15.7 Å². The summed E-state index contributed by atoms with van der Waals surface area (Å²) in [5.41, 5.74) is 0.522. The van der Waals surface area contributed by atoms with Crippen LogP contribution in [0.5, 0.6) is 5.88 Å². The predicted octanol–water partition coefficient (Wildman–Crippen LogP) is 1.37. The Hall–Kier alpha value is -2.51. The smallest absolute Gasteiger partial charge is 0.335 e. The summed E-state index contributed by atoms with van der Waals surface area (Å²) < 4.78 is 32.9. The van der Waals surface area contributed by atoms with Crippen LogP contribution in [0.1, 0.15) is 10.7 Å². The number of carbonyl (C=O) groups excluding carboxylic acids is 1. The van der Waals surface area contributed by atoms with Crippen molar-refractivity contribution in [1.29, 1.82) is 0 Å². The monoisotopic (exact) mass is 417 g/mol. The molecule has 0 bridgehead atoms. The number of nitrogens with one attached hydrogen (secondary N) is 2. The van der Waals surface area contributed by atoms with Gasteiger partial charge in [0.1, 0.15) is 5.01 Å². The van der Waals surface area contributed by atoms with Crippen LogP contribution in [0.2, 0.25) is 5.15 Å². The first-order chi connectivity index (χ1) is 12.2. The molecule has 0 aliphatic heterocycles. The Morgan fingerprint density at radius 2 is 2.04 bits per heavy atom. The van der Waals surface area contributed by atoms with Crippen molar-refractivity contribution in [1.82, 2.24) is 29.3 Å². The number of anilines is 1. The number of ether oxygens (including phenoxy) is 1. The zero-order valence-corrected chi connectivity index (χ0v) is 16.0. The Morgan fingerprint density at radius 3 is 2.73 bits per heavy atom. The third-order valence-corrected chi connectivity index (χ3v) is 5.50. The molecule has 0 aliphatic rings. The summed E-state index contributed by atoms with van der Waals surface area (Å²) in [6.07, 6.45) is 0. The first-order valence-corrected chi connectivity index (χ1v) is 9.62. The van der Waals surface area contributed by atoms with E-state index >= 15 is 0 Å². The van der Waals surface area contributed by atoms with Gasteiger partial charge in [0.05, 0.1) is 7.11 Å². The molecule has 0 aromatic carbocycles. The maximum Gasteiger partial charge on any atom is 0.335 e. The number of fused-ring (bicyclic) bond motifs is 1. The van der Waals surface area contributed by atoms with Crippen LogP contribution in [0.4, 0.5) is 10.7 Å². The average molecular weight is 418 g/mol. The molecule has 3 rings (SSSR count). The number of aryl methyl sites for hydroxylation is 2. The lowest BCUT2D eigenvalue weighted by Gasteiger charge is -2.08. The summed E-state index contributed by atoms with van der Waals surface area (Å²) in [5, 5.41) is 6.11. The summed E-state index contributed by atoms with van der Waals surface area (Å²) in [4.78, 5) is 24.2. The van der Waals surface area contributed by atoms with Crippen LogP contribution < -0.4 is 14.8 Å². The summed E-state index contributed by atoms with van der Waals surface area (Å²) >= 11 is 7.05. The van der Waals surface area contributed by atoms with E-state index in [9.17, 15) is 13.2 Å². The van der Waals surface area contributed by atoms with E-state index in [4.69, 9.17) is 16.3 Å². The Morgan fingerprint density at radius 1 is 1.31 bits per heavy atom.